The van der Waals surface area contributed by atoms with Crippen molar-refractivity contribution in [2.45, 2.75) is 26.2 Å². The Kier molecular flexibility index (Phi) is 5.32. The van der Waals surface area contributed by atoms with Crippen LogP contribution in [0, 0.1) is 5.41 Å². The van der Waals surface area contributed by atoms with Crippen LogP contribution in [0.25, 0.3) is 0 Å². The highest BCUT2D eigenvalue weighted by Gasteiger charge is 2.04. The average molecular weight is 285 g/mol. The fraction of sp³-hybridized carbons (Fsp3) is 0.417. The van der Waals surface area contributed by atoms with Crippen LogP contribution in [-0.4, -0.2) is 12.4 Å². The molecule has 0 heterocycles. The summed E-state index contributed by atoms with van der Waals surface area (Å²) in [6, 6.07) is 5.48. The maximum atomic E-state index is 7.35. The van der Waals surface area contributed by atoms with E-state index in [1.807, 2.05) is 12.1 Å². The number of hydrogen-bond acceptors (Lipinski definition) is 2. The van der Waals surface area contributed by atoms with Gasteiger partial charge in [0.1, 0.15) is 11.6 Å². The lowest BCUT2D eigenvalue weighted by Crippen LogP contribution is -2.11. The van der Waals surface area contributed by atoms with Crippen LogP contribution < -0.4 is 10.5 Å². The highest BCUT2D eigenvalue weighted by Crippen LogP contribution is 2.22. The number of nitrogens with one attached hydrogen (secondary N) is 1. The van der Waals surface area contributed by atoms with E-state index in [9.17, 15) is 0 Å². The molecule has 16 heavy (non-hydrogen) atoms. The van der Waals surface area contributed by atoms with Crippen molar-refractivity contribution in [3.05, 3.63) is 28.2 Å². The molecule has 0 aromatic heterocycles. The molecule has 0 aliphatic rings. The summed E-state index contributed by atoms with van der Waals surface area (Å²) in [6.07, 6.45) is 3.45. The number of amidine groups is 1. The molecule has 1 rings (SSSR count). The Bertz CT molecular complexity index is 366. The van der Waals surface area contributed by atoms with Gasteiger partial charge in [-0.1, -0.05) is 19.8 Å². The lowest BCUT2D eigenvalue weighted by Gasteiger charge is -2.08. The van der Waals surface area contributed by atoms with Gasteiger partial charge in [0.25, 0.3) is 0 Å². The van der Waals surface area contributed by atoms with E-state index in [0.29, 0.717) is 5.56 Å². The van der Waals surface area contributed by atoms with Crippen LogP contribution in [0.15, 0.2) is 22.7 Å². The maximum absolute atomic E-state index is 7.35. The molecule has 0 fully saturated rings. The smallest absolute Gasteiger partial charge is 0.123 e. The molecule has 0 atom stereocenters. The number of hydrogen-bond donors (Lipinski definition) is 2. The lowest BCUT2D eigenvalue weighted by molar-refractivity contribution is 0.306. The molecular formula is C12H17BrN2O. The predicted molar refractivity (Wildman–Crippen MR) is 70.2 cm³/mol. The SMILES string of the molecule is CCCCCOc1ccc(C(=N)N)c(Br)c1. The van der Waals surface area contributed by atoms with E-state index in [0.717, 1.165) is 23.2 Å². The molecular weight excluding hydrogens is 268 g/mol. The number of benzene rings is 1. The second-order valence-corrected chi connectivity index (χ2v) is 4.47. The Balaban J connectivity index is 2.56. The van der Waals surface area contributed by atoms with Gasteiger partial charge in [-0.25, -0.2) is 0 Å². The third kappa shape index (κ3) is 3.85. The van der Waals surface area contributed by atoms with Crippen molar-refractivity contribution in [2.24, 2.45) is 5.73 Å². The van der Waals surface area contributed by atoms with Gasteiger partial charge in [0.2, 0.25) is 0 Å². The molecule has 3 nitrogen and oxygen atoms in total. The maximum Gasteiger partial charge on any atom is 0.123 e. The fourth-order valence-electron chi connectivity index (χ4n) is 1.35. The topological polar surface area (TPSA) is 59.1 Å². The van der Waals surface area contributed by atoms with Gasteiger partial charge in [0.15, 0.2) is 0 Å². The Morgan fingerprint density at radius 2 is 2.19 bits per heavy atom. The summed E-state index contributed by atoms with van der Waals surface area (Å²) in [5, 5.41) is 7.35. The average Bonchev–Trinajstić information content (AvgIpc) is 2.24. The zero-order valence-electron chi connectivity index (χ0n) is 9.42. The van der Waals surface area contributed by atoms with Crippen LogP contribution in [0.5, 0.6) is 5.75 Å². The number of rotatable bonds is 6. The lowest BCUT2D eigenvalue weighted by atomic mass is 10.2. The molecule has 1 aromatic rings. The van der Waals surface area contributed by atoms with Crippen molar-refractivity contribution in [1.29, 1.82) is 5.41 Å². The Labute approximate surface area is 105 Å². The third-order valence-corrected chi connectivity index (χ3v) is 2.90. The number of ether oxygens (including phenoxy) is 1. The van der Waals surface area contributed by atoms with Crippen molar-refractivity contribution >= 4 is 21.8 Å². The Morgan fingerprint density at radius 3 is 2.75 bits per heavy atom. The molecule has 3 N–H and O–H groups in total. The molecule has 0 aliphatic carbocycles. The zero-order valence-corrected chi connectivity index (χ0v) is 11.0. The van der Waals surface area contributed by atoms with Gasteiger partial charge in [-0.3, -0.25) is 5.41 Å². The van der Waals surface area contributed by atoms with Crippen LogP contribution >= 0.6 is 15.9 Å². The minimum absolute atomic E-state index is 0.0596. The molecule has 0 amide bonds. The number of nitrogens with two attached hydrogens (primary N) is 1. The van der Waals surface area contributed by atoms with Gasteiger partial charge >= 0.3 is 0 Å². The van der Waals surface area contributed by atoms with Crippen molar-refractivity contribution in [3.8, 4) is 5.75 Å². The Hall–Kier alpha value is -1.03. The van der Waals surface area contributed by atoms with Crippen molar-refractivity contribution in [2.75, 3.05) is 6.61 Å². The highest BCUT2D eigenvalue weighted by molar-refractivity contribution is 9.10. The molecule has 1 aromatic carbocycles. The first kappa shape index (κ1) is 13.0. The molecule has 0 bridgehead atoms. The minimum atomic E-state index is 0.0596. The number of halogens is 1. The van der Waals surface area contributed by atoms with E-state index in [4.69, 9.17) is 15.9 Å². The van der Waals surface area contributed by atoms with Crippen LogP contribution in [0.2, 0.25) is 0 Å². The summed E-state index contributed by atoms with van der Waals surface area (Å²) in [5.41, 5.74) is 6.11. The van der Waals surface area contributed by atoms with Crippen LogP contribution in [0.3, 0.4) is 0 Å². The second kappa shape index (κ2) is 6.53. The summed E-state index contributed by atoms with van der Waals surface area (Å²) >= 11 is 3.37. The van der Waals surface area contributed by atoms with E-state index in [-0.39, 0.29) is 5.84 Å². The van der Waals surface area contributed by atoms with Crippen molar-refractivity contribution in [1.82, 2.24) is 0 Å². The van der Waals surface area contributed by atoms with Crippen LogP contribution in [-0.2, 0) is 0 Å². The standard InChI is InChI=1S/C12H17BrN2O/c1-2-3-4-7-16-9-5-6-10(12(14)15)11(13)8-9/h5-6,8H,2-4,7H2,1H3,(H3,14,15). The van der Waals surface area contributed by atoms with Crippen molar-refractivity contribution in [3.63, 3.8) is 0 Å². The van der Waals surface area contributed by atoms with Crippen molar-refractivity contribution < 1.29 is 4.74 Å². The Morgan fingerprint density at radius 1 is 1.44 bits per heavy atom. The van der Waals surface area contributed by atoms with E-state index >= 15 is 0 Å². The third-order valence-electron chi connectivity index (χ3n) is 2.25. The highest BCUT2D eigenvalue weighted by atomic mass is 79.9. The molecule has 88 valence electrons. The van der Waals surface area contributed by atoms with E-state index in [1.165, 1.54) is 12.8 Å². The van der Waals surface area contributed by atoms with Gasteiger partial charge in [-0.2, -0.15) is 0 Å². The van der Waals surface area contributed by atoms with Gasteiger partial charge < -0.3 is 10.5 Å². The van der Waals surface area contributed by atoms with Crippen LogP contribution in [0.4, 0.5) is 0 Å². The zero-order chi connectivity index (χ0) is 12.0. The molecule has 0 unspecified atom stereocenters. The quantitative estimate of drug-likeness (QED) is 0.478. The first-order valence-corrected chi connectivity index (χ1v) is 6.21. The first-order chi connectivity index (χ1) is 7.65. The predicted octanol–water partition coefficient (Wildman–Crippen LogP) is 3.30. The molecule has 0 saturated heterocycles. The summed E-state index contributed by atoms with van der Waals surface area (Å²) in [4.78, 5) is 0. The fourth-order valence-corrected chi connectivity index (χ4v) is 1.92. The molecule has 0 spiro atoms. The van der Waals surface area contributed by atoms with Gasteiger partial charge in [0, 0.05) is 10.0 Å². The largest absolute Gasteiger partial charge is 0.494 e. The summed E-state index contributed by atoms with van der Waals surface area (Å²) < 4.78 is 6.38. The number of unbranched alkanes of at least 4 members (excludes halogenated alkanes) is 2. The molecule has 4 heteroatoms. The molecule has 0 radical (unpaired) electrons. The summed E-state index contributed by atoms with van der Waals surface area (Å²) in [6.45, 7) is 2.90. The van der Waals surface area contributed by atoms with E-state index < -0.39 is 0 Å². The normalized spacial score (nSPS) is 10.1. The summed E-state index contributed by atoms with van der Waals surface area (Å²) in [5.74, 6) is 0.873. The first-order valence-electron chi connectivity index (χ1n) is 5.42. The second-order valence-electron chi connectivity index (χ2n) is 3.61. The minimum Gasteiger partial charge on any atom is -0.494 e. The van der Waals surface area contributed by atoms with E-state index in [2.05, 4.69) is 22.9 Å². The van der Waals surface area contributed by atoms with E-state index in [1.54, 1.807) is 6.07 Å². The summed E-state index contributed by atoms with van der Waals surface area (Å²) in [7, 11) is 0. The van der Waals surface area contributed by atoms with Crippen LogP contribution in [0.1, 0.15) is 31.7 Å². The monoisotopic (exact) mass is 284 g/mol. The molecule has 0 saturated carbocycles. The van der Waals surface area contributed by atoms with Gasteiger partial charge in [0.05, 0.1) is 6.61 Å². The molecule has 0 aliphatic heterocycles. The van der Waals surface area contributed by atoms with Gasteiger partial charge in [-0.05, 0) is 40.5 Å². The number of nitrogen functional groups attached to an aromatic ring is 1. The van der Waals surface area contributed by atoms with Gasteiger partial charge in [-0.15, -0.1) is 0 Å².